The monoisotopic (exact) mass is 313 g/mol. The molecule has 1 fully saturated rings. The molecule has 0 bridgehead atoms. The first kappa shape index (κ1) is 16.0. The van der Waals surface area contributed by atoms with Gasteiger partial charge in [0.1, 0.15) is 10.6 Å². The molecule has 118 valence electrons. The minimum absolute atomic E-state index is 0.0279. The van der Waals surface area contributed by atoms with Crippen molar-refractivity contribution in [3.8, 4) is 0 Å². The summed E-state index contributed by atoms with van der Waals surface area (Å²) in [4.78, 5) is 14.3. The smallest absolute Gasteiger partial charge is 0.270 e. The van der Waals surface area contributed by atoms with Crippen LogP contribution in [0.4, 0.5) is 0 Å². The Morgan fingerprint density at radius 2 is 2.00 bits per heavy atom. The van der Waals surface area contributed by atoms with Gasteiger partial charge in [-0.1, -0.05) is 20.8 Å². The summed E-state index contributed by atoms with van der Waals surface area (Å²) in [7, 11) is -2.14. The Morgan fingerprint density at radius 1 is 1.38 bits per heavy atom. The van der Waals surface area contributed by atoms with Crippen molar-refractivity contribution in [3.05, 3.63) is 18.0 Å². The highest BCUT2D eigenvalue weighted by Gasteiger charge is 2.35. The molecule has 0 aromatic carbocycles. The molecule has 1 saturated heterocycles. The fraction of sp³-hybridized carbons (Fsp3) is 0.643. The third-order valence-electron chi connectivity index (χ3n) is 4.23. The maximum atomic E-state index is 12.6. The summed E-state index contributed by atoms with van der Waals surface area (Å²) in [5, 5.41) is 5.11. The van der Waals surface area contributed by atoms with Crippen LogP contribution in [0.15, 0.2) is 17.2 Å². The normalized spacial score (nSPS) is 20.0. The second-order valence-electron chi connectivity index (χ2n) is 6.82. The number of carbonyl (C=O) groups excluding carboxylic acids is 1. The molecule has 0 radical (unpaired) electrons. The molecule has 0 aliphatic carbocycles. The molecule has 2 heterocycles. The zero-order chi connectivity index (χ0) is 16.0. The Morgan fingerprint density at radius 3 is 2.43 bits per heavy atom. The van der Waals surface area contributed by atoms with Gasteiger partial charge in [-0.3, -0.25) is 4.79 Å². The second kappa shape index (κ2) is 5.14. The predicted molar refractivity (Wildman–Crippen MR) is 80.3 cm³/mol. The lowest BCUT2D eigenvalue weighted by Crippen LogP contribution is -2.32. The van der Waals surface area contributed by atoms with Crippen LogP contribution in [0, 0.1) is 11.3 Å². The lowest BCUT2D eigenvalue weighted by Gasteiger charge is -2.27. The van der Waals surface area contributed by atoms with Gasteiger partial charge >= 0.3 is 0 Å². The van der Waals surface area contributed by atoms with Crippen LogP contribution in [-0.2, 0) is 17.1 Å². The Bertz CT molecular complexity index is 655. The minimum Gasteiger partial charge on any atom is -0.345 e. The number of rotatable bonds is 2. The van der Waals surface area contributed by atoms with Crippen molar-refractivity contribution in [2.75, 3.05) is 13.1 Å². The highest BCUT2D eigenvalue weighted by atomic mass is 32.2. The number of likely N-dealkylation sites (tertiary alicyclic amines) is 1. The number of sulfonamides is 1. The van der Waals surface area contributed by atoms with Crippen molar-refractivity contribution in [3.63, 3.8) is 0 Å². The largest absolute Gasteiger partial charge is 0.345 e. The van der Waals surface area contributed by atoms with Crippen molar-refractivity contribution < 1.29 is 13.2 Å². The maximum absolute atomic E-state index is 12.6. The van der Waals surface area contributed by atoms with Crippen LogP contribution in [0.5, 0.6) is 0 Å². The second-order valence-corrected chi connectivity index (χ2v) is 8.38. The van der Waals surface area contributed by atoms with E-state index in [2.05, 4.69) is 20.8 Å². The van der Waals surface area contributed by atoms with E-state index in [-0.39, 0.29) is 16.2 Å². The molecule has 2 rings (SSSR count). The van der Waals surface area contributed by atoms with Crippen LogP contribution in [-0.4, -0.2) is 36.9 Å². The van der Waals surface area contributed by atoms with Crippen LogP contribution in [0.1, 0.15) is 37.7 Å². The topological polar surface area (TPSA) is 85.4 Å². The van der Waals surface area contributed by atoms with E-state index in [1.165, 1.54) is 16.8 Å². The first-order valence-corrected chi connectivity index (χ1v) is 8.53. The molecule has 1 unspecified atom stereocenters. The quantitative estimate of drug-likeness (QED) is 0.889. The number of primary sulfonamides is 1. The van der Waals surface area contributed by atoms with Crippen LogP contribution < -0.4 is 5.14 Å². The van der Waals surface area contributed by atoms with Gasteiger partial charge in [0.05, 0.1) is 0 Å². The fourth-order valence-corrected chi connectivity index (χ4v) is 3.30. The highest BCUT2D eigenvalue weighted by molar-refractivity contribution is 7.89. The van der Waals surface area contributed by atoms with E-state index in [1.54, 1.807) is 11.9 Å². The standard InChI is InChI=1S/C14H23N3O3S/c1-14(2,3)10-5-6-17(8-10)13(18)12-7-11(9-16(12)4)21(15,19)20/h7,9-10H,5-6,8H2,1-4H3,(H2,15,19,20). The van der Waals surface area contributed by atoms with Gasteiger partial charge in [0, 0.05) is 26.3 Å². The molecule has 7 heteroatoms. The first-order valence-electron chi connectivity index (χ1n) is 6.98. The van der Waals surface area contributed by atoms with Crippen molar-refractivity contribution in [1.82, 2.24) is 9.47 Å². The van der Waals surface area contributed by atoms with Crippen molar-refractivity contribution in [1.29, 1.82) is 0 Å². The summed E-state index contributed by atoms with van der Waals surface area (Å²) in [5.41, 5.74) is 0.517. The van der Waals surface area contributed by atoms with Crippen molar-refractivity contribution in [2.45, 2.75) is 32.1 Å². The van der Waals surface area contributed by atoms with Crippen LogP contribution in [0.3, 0.4) is 0 Å². The summed E-state index contributed by atoms with van der Waals surface area (Å²) in [6.45, 7) is 7.93. The molecule has 1 aliphatic rings. The summed E-state index contributed by atoms with van der Waals surface area (Å²) in [6.07, 6.45) is 2.35. The molecule has 1 atom stereocenters. The van der Waals surface area contributed by atoms with Gasteiger partial charge in [-0.25, -0.2) is 13.6 Å². The number of aromatic nitrogens is 1. The number of nitrogens with zero attached hydrogens (tertiary/aromatic N) is 2. The third-order valence-corrected chi connectivity index (χ3v) is 5.11. The number of aryl methyl sites for hydroxylation is 1. The summed E-state index contributed by atoms with van der Waals surface area (Å²) < 4.78 is 24.3. The maximum Gasteiger partial charge on any atom is 0.270 e. The number of carbonyl (C=O) groups is 1. The zero-order valence-electron chi connectivity index (χ0n) is 13.0. The zero-order valence-corrected chi connectivity index (χ0v) is 13.8. The van der Waals surface area contributed by atoms with E-state index in [1.807, 2.05) is 0 Å². The molecule has 21 heavy (non-hydrogen) atoms. The number of hydrogen-bond donors (Lipinski definition) is 1. The van der Waals surface area contributed by atoms with Gasteiger partial charge in [0.2, 0.25) is 10.0 Å². The van der Waals surface area contributed by atoms with Gasteiger partial charge in [-0.15, -0.1) is 0 Å². The molecule has 1 aliphatic heterocycles. The van der Waals surface area contributed by atoms with E-state index in [4.69, 9.17) is 5.14 Å². The molecular formula is C14H23N3O3S. The van der Waals surface area contributed by atoms with E-state index in [0.29, 0.717) is 24.7 Å². The number of hydrogen-bond acceptors (Lipinski definition) is 3. The molecule has 1 amide bonds. The van der Waals surface area contributed by atoms with Crippen LogP contribution in [0.2, 0.25) is 0 Å². The highest BCUT2D eigenvalue weighted by Crippen LogP contribution is 2.34. The predicted octanol–water partition coefficient (Wildman–Crippen LogP) is 1.18. The Balaban J connectivity index is 2.21. The molecule has 0 saturated carbocycles. The molecule has 1 aromatic rings. The number of amides is 1. The Kier molecular flexibility index (Phi) is 3.92. The van der Waals surface area contributed by atoms with Crippen molar-refractivity contribution in [2.24, 2.45) is 23.5 Å². The number of nitrogens with two attached hydrogens (primary N) is 1. The summed E-state index contributed by atoms with van der Waals surface area (Å²) in [6, 6.07) is 1.35. The molecular weight excluding hydrogens is 290 g/mol. The SMILES string of the molecule is Cn1cc(S(N)(=O)=O)cc1C(=O)N1CCC(C(C)(C)C)C1. The fourth-order valence-electron chi connectivity index (χ4n) is 2.72. The van der Waals surface area contributed by atoms with E-state index in [0.717, 1.165) is 6.42 Å². The van der Waals surface area contributed by atoms with Gasteiger partial charge < -0.3 is 9.47 Å². The van der Waals surface area contributed by atoms with E-state index in [9.17, 15) is 13.2 Å². The lowest BCUT2D eigenvalue weighted by molar-refractivity contribution is 0.0767. The first-order chi connectivity index (χ1) is 9.50. The summed E-state index contributed by atoms with van der Waals surface area (Å²) >= 11 is 0. The summed E-state index contributed by atoms with van der Waals surface area (Å²) in [5.74, 6) is 0.318. The molecule has 1 aromatic heterocycles. The van der Waals surface area contributed by atoms with Gasteiger partial charge in [0.25, 0.3) is 5.91 Å². The molecule has 6 nitrogen and oxygen atoms in total. The molecule has 2 N–H and O–H groups in total. The van der Waals surface area contributed by atoms with Gasteiger partial charge in [-0.2, -0.15) is 0 Å². The third kappa shape index (κ3) is 3.29. The minimum atomic E-state index is -3.79. The Hall–Kier alpha value is -1.34. The average Bonchev–Trinajstić information content (AvgIpc) is 2.92. The Labute approximate surface area is 126 Å². The molecule has 0 spiro atoms. The van der Waals surface area contributed by atoms with E-state index >= 15 is 0 Å². The van der Waals surface area contributed by atoms with Crippen LogP contribution >= 0.6 is 0 Å². The van der Waals surface area contributed by atoms with Gasteiger partial charge in [-0.05, 0) is 23.8 Å². The van der Waals surface area contributed by atoms with Gasteiger partial charge in [0.15, 0.2) is 0 Å². The van der Waals surface area contributed by atoms with Crippen LogP contribution in [0.25, 0.3) is 0 Å². The lowest BCUT2D eigenvalue weighted by atomic mass is 9.80. The average molecular weight is 313 g/mol. The van der Waals surface area contributed by atoms with E-state index < -0.39 is 10.0 Å². The van der Waals surface area contributed by atoms with Crippen molar-refractivity contribution >= 4 is 15.9 Å².